The van der Waals surface area contributed by atoms with E-state index in [4.69, 9.17) is 5.73 Å². The molecule has 6 nitrogen and oxygen atoms in total. The number of amides is 3. The van der Waals surface area contributed by atoms with Crippen LogP contribution in [0.3, 0.4) is 0 Å². The Morgan fingerprint density at radius 3 is 2.44 bits per heavy atom. The number of nitrogens with zero attached hydrogens (tertiary/aromatic N) is 1. The number of carbonyl (C=O) groups is 3. The van der Waals surface area contributed by atoms with Crippen LogP contribution in [0.15, 0.2) is 0 Å². The molecule has 0 aliphatic carbocycles. The van der Waals surface area contributed by atoms with E-state index in [1.807, 2.05) is 4.90 Å². The van der Waals surface area contributed by atoms with Crippen LogP contribution in [0.25, 0.3) is 0 Å². The van der Waals surface area contributed by atoms with Crippen molar-refractivity contribution in [2.24, 2.45) is 11.7 Å². The lowest BCUT2D eigenvalue weighted by Gasteiger charge is -2.33. The Bertz CT molecular complexity index is 285. The van der Waals surface area contributed by atoms with E-state index >= 15 is 0 Å². The predicted molar refractivity (Wildman–Crippen MR) is 57.5 cm³/mol. The zero-order valence-electron chi connectivity index (χ0n) is 9.31. The number of primary amides is 1. The molecule has 6 heteroatoms. The molecule has 3 amide bonds. The molecule has 90 valence electrons. The maximum absolute atomic E-state index is 11.5. The highest BCUT2D eigenvalue weighted by molar-refractivity contribution is 5.96. The minimum absolute atomic E-state index is 0.0997. The van der Waals surface area contributed by atoms with Gasteiger partial charge in [-0.05, 0) is 32.9 Å². The third-order valence-electron chi connectivity index (χ3n) is 2.94. The van der Waals surface area contributed by atoms with Gasteiger partial charge >= 0.3 is 6.03 Å². The summed E-state index contributed by atoms with van der Waals surface area (Å²) >= 11 is 0. The number of nitrogens with two attached hydrogens (primary N) is 1. The molecule has 0 aromatic rings. The van der Waals surface area contributed by atoms with Crippen LogP contribution in [-0.4, -0.2) is 42.3 Å². The number of hydrogen-bond acceptors (Lipinski definition) is 4. The molecule has 0 bridgehead atoms. The first-order valence-corrected chi connectivity index (χ1v) is 5.34. The molecule has 1 aliphatic heterocycles. The van der Waals surface area contributed by atoms with E-state index in [0.717, 1.165) is 19.1 Å². The fourth-order valence-electron chi connectivity index (χ4n) is 1.83. The van der Waals surface area contributed by atoms with Gasteiger partial charge in [-0.1, -0.05) is 0 Å². The number of hydrogen-bond donors (Lipinski definition) is 2. The molecule has 0 aromatic heterocycles. The highest BCUT2D eigenvalue weighted by Crippen LogP contribution is 2.16. The van der Waals surface area contributed by atoms with Gasteiger partial charge in [-0.3, -0.25) is 15.0 Å². The average Bonchev–Trinajstić information content (AvgIpc) is 2.27. The smallest absolute Gasteiger partial charge is 0.318 e. The van der Waals surface area contributed by atoms with E-state index in [1.54, 1.807) is 6.92 Å². The minimum Gasteiger partial charge on any atom is -0.351 e. The van der Waals surface area contributed by atoms with Crippen LogP contribution < -0.4 is 11.1 Å². The highest BCUT2D eigenvalue weighted by atomic mass is 16.2. The van der Waals surface area contributed by atoms with Crippen molar-refractivity contribution in [3.63, 3.8) is 0 Å². The topological polar surface area (TPSA) is 92.5 Å². The van der Waals surface area contributed by atoms with Gasteiger partial charge in [0.25, 0.3) is 0 Å². The maximum Gasteiger partial charge on any atom is 0.318 e. The van der Waals surface area contributed by atoms with Crippen LogP contribution in [0.4, 0.5) is 4.79 Å². The first kappa shape index (κ1) is 12.6. The minimum atomic E-state index is -0.834. The molecule has 1 saturated heterocycles. The van der Waals surface area contributed by atoms with Crippen LogP contribution in [0.5, 0.6) is 0 Å². The summed E-state index contributed by atoms with van der Waals surface area (Å²) in [4.78, 5) is 34.5. The van der Waals surface area contributed by atoms with E-state index in [0.29, 0.717) is 13.1 Å². The molecule has 1 atom stereocenters. The number of rotatable bonds is 3. The van der Waals surface area contributed by atoms with Crippen LogP contribution >= 0.6 is 0 Å². The quantitative estimate of drug-likeness (QED) is 0.634. The summed E-state index contributed by atoms with van der Waals surface area (Å²) in [5.41, 5.74) is 4.87. The third kappa shape index (κ3) is 3.30. The largest absolute Gasteiger partial charge is 0.351 e. The molecule has 0 saturated carbocycles. The number of nitrogens with one attached hydrogen (secondary N) is 1. The standard InChI is InChI=1S/C10H17N3O3/c1-7(9(15)12-10(11)16)13-4-2-8(6-14)3-5-13/h6-8H,2-5H2,1H3,(H3,11,12,15,16). The first-order chi connectivity index (χ1) is 7.54. The molecule has 1 fully saturated rings. The fraction of sp³-hybridized carbons (Fsp3) is 0.700. The summed E-state index contributed by atoms with van der Waals surface area (Å²) in [6.45, 7) is 3.10. The van der Waals surface area contributed by atoms with Gasteiger partial charge in [-0.2, -0.15) is 0 Å². The van der Waals surface area contributed by atoms with Crippen molar-refractivity contribution in [3.8, 4) is 0 Å². The number of piperidine rings is 1. The molecule has 1 rings (SSSR count). The Labute approximate surface area is 94.2 Å². The summed E-state index contributed by atoms with van der Waals surface area (Å²) in [6, 6.07) is -1.22. The van der Waals surface area contributed by atoms with Crippen LogP contribution in [0, 0.1) is 5.92 Å². The van der Waals surface area contributed by atoms with Gasteiger partial charge in [-0.25, -0.2) is 4.79 Å². The van der Waals surface area contributed by atoms with Gasteiger partial charge in [0, 0.05) is 5.92 Å². The molecular weight excluding hydrogens is 210 g/mol. The predicted octanol–water partition coefficient (Wildman–Crippen LogP) is -0.519. The molecule has 1 heterocycles. The van der Waals surface area contributed by atoms with Crippen molar-refractivity contribution in [2.45, 2.75) is 25.8 Å². The van der Waals surface area contributed by atoms with E-state index < -0.39 is 11.9 Å². The second-order valence-corrected chi connectivity index (χ2v) is 4.04. The van der Waals surface area contributed by atoms with Gasteiger partial charge in [-0.15, -0.1) is 0 Å². The lowest BCUT2D eigenvalue weighted by molar-refractivity contribution is -0.125. The lowest BCUT2D eigenvalue weighted by atomic mass is 9.97. The molecule has 1 aliphatic rings. The summed E-state index contributed by atoms with van der Waals surface area (Å²) in [5, 5.41) is 2.05. The lowest BCUT2D eigenvalue weighted by Crippen LogP contribution is -2.50. The molecule has 3 N–H and O–H groups in total. The van der Waals surface area contributed by atoms with Crippen molar-refractivity contribution < 1.29 is 14.4 Å². The van der Waals surface area contributed by atoms with Gasteiger partial charge in [0.15, 0.2) is 0 Å². The number of carbonyl (C=O) groups excluding carboxylic acids is 3. The maximum atomic E-state index is 11.5. The molecule has 1 unspecified atom stereocenters. The molecule has 0 aromatic carbocycles. The molecule has 0 spiro atoms. The SMILES string of the molecule is CC(C(=O)NC(N)=O)N1CCC(C=O)CC1. The van der Waals surface area contributed by atoms with Crippen LogP contribution in [0.2, 0.25) is 0 Å². The zero-order chi connectivity index (χ0) is 12.1. The third-order valence-corrected chi connectivity index (χ3v) is 2.94. The Kier molecular flexibility index (Phi) is 4.42. The van der Waals surface area contributed by atoms with Crippen molar-refractivity contribution in [1.82, 2.24) is 10.2 Å². The van der Waals surface area contributed by atoms with E-state index in [1.165, 1.54) is 0 Å². The zero-order valence-corrected chi connectivity index (χ0v) is 9.31. The summed E-state index contributed by atoms with van der Waals surface area (Å²) < 4.78 is 0. The van der Waals surface area contributed by atoms with E-state index in [9.17, 15) is 14.4 Å². The number of aldehydes is 1. The molecule has 0 radical (unpaired) electrons. The van der Waals surface area contributed by atoms with Crippen molar-refractivity contribution in [1.29, 1.82) is 0 Å². The Morgan fingerprint density at radius 1 is 1.44 bits per heavy atom. The second-order valence-electron chi connectivity index (χ2n) is 4.04. The van der Waals surface area contributed by atoms with Gasteiger partial charge in [0.05, 0.1) is 6.04 Å². The van der Waals surface area contributed by atoms with E-state index in [2.05, 4.69) is 5.32 Å². The summed E-state index contributed by atoms with van der Waals surface area (Å²) in [6.07, 6.45) is 2.49. The van der Waals surface area contributed by atoms with Crippen LogP contribution in [0.1, 0.15) is 19.8 Å². The summed E-state index contributed by atoms with van der Waals surface area (Å²) in [7, 11) is 0. The summed E-state index contributed by atoms with van der Waals surface area (Å²) in [5.74, 6) is -0.292. The second kappa shape index (κ2) is 5.60. The van der Waals surface area contributed by atoms with Crippen LogP contribution in [-0.2, 0) is 9.59 Å². The molecular formula is C10H17N3O3. The Hall–Kier alpha value is -1.43. The first-order valence-electron chi connectivity index (χ1n) is 5.34. The van der Waals surface area contributed by atoms with E-state index in [-0.39, 0.29) is 12.0 Å². The number of imide groups is 1. The van der Waals surface area contributed by atoms with Gasteiger partial charge in [0.1, 0.15) is 6.29 Å². The van der Waals surface area contributed by atoms with Gasteiger partial charge < -0.3 is 10.5 Å². The molecule has 16 heavy (non-hydrogen) atoms. The Morgan fingerprint density at radius 2 is 2.00 bits per heavy atom. The van der Waals surface area contributed by atoms with Gasteiger partial charge in [0.2, 0.25) is 5.91 Å². The highest BCUT2D eigenvalue weighted by Gasteiger charge is 2.26. The Balaban J connectivity index is 2.43. The number of likely N-dealkylation sites (tertiary alicyclic amines) is 1. The monoisotopic (exact) mass is 227 g/mol. The normalized spacial score (nSPS) is 20.1. The van der Waals surface area contributed by atoms with Crippen molar-refractivity contribution in [3.05, 3.63) is 0 Å². The fourth-order valence-corrected chi connectivity index (χ4v) is 1.83. The van der Waals surface area contributed by atoms with Crippen molar-refractivity contribution in [2.75, 3.05) is 13.1 Å². The van der Waals surface area contributed by atoms with Crippen molar-refractivity contribution >= 4 is 18.2 Å². The number of urea groups is 1. The average molecular weight is 227 g/mol.